The molecule has 0 amide bonds. The summed E-state index contributed by atoms with van der Waals surface area (Å²) < 4.78 is 10.8. The van der Waals surface area contributed by atoms with Gasteiger partial charge in [-0.2, -0.15) is 0 Å². The zero-order chi connectivity index (χ0) is 14.5. The van der Waals surface area contributed by atoms with Crippen LogP contribution < -0.4 is 14.9 Å². The highest BCUT2D eigenvalue weighted by Crippen LogP contribution is 2.16. The maximum Gasteiger partial charge on any atom is 0.488 e. The van der Waals surface area contributed by atoms with Crippen molar-refractivity contribution in [2.75, 3.05) is 7.11 Å². The molecule has 104 valence electrons. The second kappa shape index (κ2) is 6.46. The predicted octanol–water partition coefficient (Wildman–Crippen LogP) is 1.26. The molecule has 5 heteroatoms. The fourth-order valence-electron chi connectivity index (χ4n) is 1.96. The van der Waals surface area contributed by atoms with Gasteiger partial charge in [-0.1, -0.05) is 18.2 Å². The van der Waals surface area contributed by atoms with Crippen LogP contribution in [0.1, 0.15) is 11.1 Å². The maximum atomic E-state index is 9.16. The van der Waals surface area contributed by atoms with Gasteiger partial charge in [0.15, 0.2) is 0 Å². The van der Waals surface area contributed by atoms with Gasteiger partial charge in [0.25, 0.3) is 0 Å². The Bertz CT molecular complexity index is 584. The molecular weight excluding hydrogens is 255 g/mol. The summed E-state index contributed by atoms with van der Waals surface area (Å²) in [5.74, 6) is 1.48. The van der Waals surface area contributed by atoms with E-state index in [9.17, 15) is 0 Å². The monoisotopic (exact) mass is 272 g/mol. The molecular formula is C15H17BO4. The first-order valence-electron chi connectivity index (χ1n) is 6.32. The van der Waals surface area contributed by atoms with Gasteiger partial charge in [-0.25, -0.2) is 0 Å². The molecule has 2 aromatic carbocycles. The third-order valence-electron chi connectivity index (χ3n) is 3.06. The van der Waals surface area contributed by atoms with E-state index in [2.05, 4.69) is 0 Å². The first kappa shape index (κ1) is 14.4. The van der Waals surface area contributed by atoms with Crippen molar-refractivity contribution in [1.29, 1.82) is 0 Å². The van der Waals surface area contributed by atoms with E-state index in [-0.39, 0.29) is 0 Å². The summed E-state index contributed by atoms with van der Waals surface area (Å²) in [5.41, 5.74) is 2.27. The van der Waals surface area contributed by atoms with Crippen molar-refractivity contribution in [3.63, 3.8) is 0 Å². The first-order valence-corrected chi connectivity index (χ1v) is 6.32. The van der Waals surface area contributed by atoms with Crippen molar-refractivity contribution in [3.05, 3.63) is 53.6 Å². The molecule has 0 aliphatic heterocycles. The number of hydrogen-bond donors (Lipinski definition) is 2. The van der Waals surface area contributed by atoms with Crippen LogP contribution in [0, 0.1) is 6.92 Å². The number of aryl methyl sites for hydroxylation is 1. The van der Waals surface area contributed by atoms with Crippen molar-refractivity contribution in [1.82, 2.24) is 0 Å². The number of benzene rings is 2. The largest absolute Gasteiger partial charge is 0.497 e. The van der Waals surface area contributed by atoms with Crippen LogP contribution in [0.15, 0.2) is 42.5 Å². The number of ether oxygens (including phenoxy) is 2. The molecule has 2 aromatic rings. The molecule has 0 heterocycles. The molecule has 0 fully saturated rings. The Balaban J connectivity index is 2.05. The lowest BCUT2D eigenvalue weighted by molar-refractivity contribution is 0.305. The molecule has 0 aliphatic rings. The minimum Gasteiger partial charge on any atom is -0.497 e. The molecule has 2 rings (SSSR count). The molecule has 2 N–H and O–H groups in total. The molecule has 0 spiro atoms. The van der Waals surface area contributed by atoms with Gasteiger partial charge in [-0.15, -0.1) is 0 Å². The molecule has 0 bridgehead atoms. The fraction of sp³-hybridized carbons (Fsp3) is 0.200. The van der Waals surface area contributed by atoms with Crippen LogP contribution in [0.2, 0.25) is 0 Å². The smallest absolute Gasteiger partial charge is 0.488 e. The van der Waals surface area contributed by atoms with Gasteiger partial charge in [0.2, 0.25) is 0 Å². The Morgan fingerprint density at radius 1 is 1.05 bits per heavy atom. The molecule has 0 aromatic heterocycles. The SMILES string of the molecule is COc1cccc(COc2ccc(B(O)O)c(C)c2)c1. The van der Waals surface area contributed by atoms with Crippen LogP contribution in [0.4, 0.5) is 0 Å². The van der Waals surface area contributed by atoms with E-state index in [1.165, 1.54) is 0 Å². The number of rotatable bonds is 5. The minimum atomic E-state index is -1.46. The summed E-state index contributed by atoms with van der Waals surface area (Å²) in [6.45, 7) is 2.24. The highest BCUT2D eigenvalue weighted by atomic mass is 16.5. The number of hydrogen-bond acceptors (Lipinski definition) is 4. The Labute approximate surface area is 118 Å². The minimum absolute atomic E-state index is 0.428. The van der Waals surface area contributed by atoms with E-state index >= 15 is 0 Å². The lowest BCUT2D eigenvalue weighted by atomic mass is 9.77. The zero-order valence-electron chi connectivity index (χ0n) is 11.5. The van der Waals surface area contributed by atoms with E-state index in [4.69, 9.17) is 19.5 Å². The highest BCUT2D eigenvalue weighted by molar-refractivity contribution is 6.59. The predicted molar refractivity (Wildman–Crippen MR) is 78.3 cm³/mol. The number of methoxy groups -OCH3 is 1. The van der Waals surface area contributed by atoms with Gasteiger partial charge in [-0.05, 0) is 47.8 Å². The molecule has 20 heavy (non-hydrogen) atoms. The molecule has 4 nitrogen and oxygen atoms in total. The summed E-state index contributed by atoms with van der Waals surface area (Å²) in [4.78, 5) is 0. The van der Waals surface area contributed by atoms with Crippen LogP contribution >= 0.6 is 0 Å². The van der Waals surface area contributed by atoms with Gasteiger partial charge in [0.1, 0.15) is 18.1 Å². The Morgan fingerprint density at radius 2 is 1.85 bits per heavy atom. The Morgan fingerprint density at radius 3 is 2.50 bits per heavy atom. The highest BCUT2D eigenvalue weighted by Gasteiger charge is 2.13. The zero-order valence-corrected chi connectivity index (χ0v) is 11.5. The van der Waals surface area contributed by atoms with Crippen LogP contribution in [0.5, 0.6) is 11.5 Å². The summed E-state index contributed by atoms with van der Waals surface area (Å²) in [7, 11) is 0.171. The second-order valence-electron chi connectivity index (χ2n) is 4.53. The average Bonchev–Trinajstić information content (AvgIpc) is 2.45. The summed E-state index contributed by atoms with van der Waals surface area (Å²) in [5, 5.41) is 18.3. The van der Waals surface area contributed by atoms with E-state index in [1.54, 1.807) is 25.3 Å². The van der Waals surface area contributed by atoms with Crippen molar-refractivity contribution in [2.45, 2.75) is 13.5 Å². The van der Waals surface area contributed by atoms with E-state index in [0.717, 1.165) is 16.9 Å². The van der Waals surface area contributed by atoms with Crippen LogP contribution in [-0.4, -0.2) is 24.3 Å². The van der Waals surface area contributed by atoms with Gasteiger partial charge in [0.05, 0.1) is 7.11 Å². The summed E-state index contributed by atoms with van der Waals surface area (Å²) in [6.07, 6.45) is 0. The van der Waals surface area contributed by atoms with Gasteiger partial charge in [0, 0.05) is 0 Å². The second-order valence-corrected chi connectivity index (χ2v) is 4.53. The average molecular weight is 272 g/mol. The third-order valence-corrected chi connectivity index (χ3v) is 3.06. The van der Waals surface area contributed by atoms with E-state index in [0.29, 0.717) is 17.8 Å². The van der Waals surface area contributed by atoms with Crippen LogP contribution in [0.25, 0.3) is 0 Å². The molecule has 0 saturated carbocycles. The quantitative estimate of drug-likeness (QED) is 0.804. The van der Waals surface area contributed by atoms with Crippen molar-refractivity contribution in [3.8, 4) is 11.5 Å². The Kier molecular flexibility index (Phi) is 4.66. The standard InChI is InChI=1S/C15H17BO4/c1-11-8-14(6-7-15(11)16(17)18)20-10-12-4-3-5-13(9-12)19-2/h3-9,17-18H,10H2,1-2H3. The van der Waals surface area contributed by atoms with Crippen LogP contribution in [0.3, 0.4) is 0 Å². The molecule has 0 saturated heterocycles. The summed E-state index contributed by atoms with van der Waals surface area (Å²) >= 11 is 0. The van der Waals surface area contributed by atoms with Crippen molar-refractivity contribution < 1.29 is 19.5 Å². The van der Waals surface area contributed by atoms with E-state index in [1.807, 2.05) is 31.2 Å². The van der Waals surface area contributed by atoms with E-state index < -0.39 is 7.12 Å². The molecule has 0 aliphatic carbocycles. The molecule has 0 radical (unpaired) electrons. The lowest BCUT2D eigenvalue weighted by Gasteiger charge is -2.10. The van der Waals surface area contributed by atoms with Crippen molar-refractivity contribution >= 4 is 12.6 Å². The van der Waals surface area contributed by atoms with Gasteiger partial charge in [-0.3, -0.25) is 0 Å². The van der Waals surface area contributed by atoms with Crippen molar-refractivity contribution in [2.24, 2.45) is 0 Å². The van der Waals surface area contributed by atoms with Gasteiger partial charge < -0.3 is 19.5 Å². The first-order chi connectivity index (χ1) is 9.60. The topological polar surface area (TPSA) is 58.9 Å². The normalized spacial score (nSPS) is 10.2. The third kappa shape index (κ3) is 3.53. The maximum absolute atomic E-state index is 9.16. The lowest BCUT2D eigenvalue weighted by Crippen LogP contribution is -2.31. The summed E-state index contributed by atoms with van der Waals surface area (Å²) in [6, 6.07) is 12.8. The fourth-order valence-corrected chi connectivity index (χ4v) is 1.96. The van der Waals surface area contributed by atoms with Crippen LogP contribution in [-0.2, 0) is 6.61 Å². The Hall–Kier alpha value is -1.98. The van der Waals surface area contributed by atoms with Gasteiger partial charge >= 0.3 is 7.12 Å². The molecule has 0 atom stereocenters. The molecule has 0 unspecified atom stereocenters.